The summed E-state index contributed by atoms with van der Waals surface area (Å²) >= 11 is 0. The highest BCUT2D eigenvalue weighted by Gasteiger charge is 2.23. The lowest BCUT2D eigenvalue weighted by Gasteiger charge is -2.11. The molecule has 3 N–H and O–H groups in total. The summed E-state index contributed by atoms with van der Waals surface area (Å²) in [4.78, 5) is 18.4. The van der Waals surface area contributed by atoms with Gasteiger partial charge in [0.2, 0.25) is 11.6 Å². The van der Waals surface area contributed by atoms with Crippen molar-refractivity contribution in [2.24, 2.45) is 0 Å². The molecular weight excluding hydrogens is 346 g/mol. The first-order valence-electron chi connectivity index (χ1n) is 7.33. The van der Waals surface area contributed by atoms with Crippen LogP contribution in [0.15, 0.2) is 54.9 Å². The van der Waals surface area contributed by atoms with Gasteiger partial charge < -0.3 is 5.32 Å². The van der Waals surface area contributed by atoms with Crippen molar-refractivity contribution in [2.75, 3.05) is 16.2 Å². The molecule has 3 aromatic rings. The Morgan fingerprint density at radius 3 is 2.31 bits per heavy atom. The Morgan fingerprint density at radius 1 is 0.885 bits per heavy atom. The zero-order chi connectivity index (χ0) is 18.5. The minimum atomic E-state index is -1.09. The second kappa shape index (κ2) is 7.38. The van der Waals surface area contributed by atoms with E-state index in [9.17, 15) is 18.9 Å². The molecule has 0 amide bonds. The summed E-state index contributed by atoms with van der Waals surface area (Å²) in [5, 5.41) is 14.0. The molecule has 0 unspecified atom stereocenters. The van der Waals surface area contributed by atoms with E-state index in [-0.39, 0.29) is 17.3 Å². The molecule has 1 heterocycles. The normalized spacial score (nSPS) is 10.2. The lowest BCUT2D eigenvalue weighted by atomic mass is 10.3. The van der Waals surface area contributed by atoms with Gasteiger partial charge in [-0.1, -0.05) is 18.2 Å². The Kier molecular flexibility index (Phi) is 4.83. The maximum absolute atomic E-state index is 13.3. The third-order valence-corrected chi connectivity index (χ3v) is 3.29. The molecule has 0 bridgehead atoms. The van der Waals surface area contributed by atoms with E-state index in [2.05, 4.69) is 26.1 Å². The predicted octanol–water partition coefficient (Wildman–Crippen LogP) is 3.85. The highest BCUT2D eigenvalue weighted by Crippen LogP contribution is 2.31. The summed E-state index contributed by atoms with van der Waals surface area (Å²) < 4.78 is 26.3. The van der Waals surface area contributed by atoms with Gasteiger partial charge in [-0.3, -0.25) is 21.0 Å². The molecule has 0 saturated carbocycles. The molecule has 26 heavy (non-hydrogen) atoms. The lowest BCUT2D eigenvalue weighted by molar-refractivity contribution is -0.383. The molecule has 0 atom stereocenters. The van der Waals surface area contributed by atoms with Crippen molar-refractivity contribution in [2.45, 2.75) is 0 Å². The maximum atomic E-state index is 13.3. The number of anilines is 4. The highest BCUT2D eigenvalue weighted by molar-refractivity contribution is 5.74. The first-order valence-corrected chi connectivity index (χ1v) is 7.33. The molecule has 1 aromatic heterocycles. The van der Waals surface area contributed by atoms with Gasteiger partial charge in [0.05, 0.1) is 10.6 Å². The number of hydrogen-bond donors (Lipinski definition) is 3. The summed E-state index contributed by atoms with van der Waals surface area (Å²) in [7, 11) is 0. The van der Waals surface area contributed by atoms with Crippen LogP contribution in [-0.4, -0.2) is 14.9 Å². The number of benzene rings is 2. The van der Waals surface area contributed by atoms with Gasteiger partial charge in [0, 0.05) is 11.8 Å². The van der Waals surface area contributed by atoms with Crippen LogP contribution in [-0.2, 0) is 0 Å². The van der Waals surface area contributed by atoms with Crippen LogP contribution in [0.4, 0.5) is 37.5 Å². The lowest BCUT2D eigenvalue weighted by Crippen LogP contribution is -2.13. The largest absolute Gasteiger partial charge is 0.355 e. The van der Waals surface area contributed by atoms with Crippen molar-refractivity contribution < 1.29 is 13.7 Å². The molecular formula is C16H12F2N6O2. The Labute approximate surface area is 146 Å². The fourth-order valence-corrected chi connectivity index (χ4v) is 2.10. The third kappa shape index (κ3) is 3.80. The van der Waals surface area contributed by atoms with Gasteiger partial charge in [-0.25, -0.2) is 18.7 Å². The monoisotopic (exact) mass is 358 g/mol. The van der Waals surface area contributed by atoms with Gasteiger partial charge in [-0.05, 0) is 24.3 Å². The van der Waals surface area contributed by atoms with Crippen molar-refractivity contribution in [3.8, 4) is 0 Å². The van der Waals surface area contributed by atoms with E-state index < -0.39 is 22.2 Å². The SMILES string of the molecule is O=[N+]([O-])c1c(NNc2ccccc2)ncnc1Nc1ccc(F)c(F)c1. The van der Waals surface area contributed by atoms with E-state index in [1.54, 1.807) is 24.3 Å². The van der Waals surface area contributed by atoms with Crippen LogP contribution in [0.2, 0.25) is 0 Å². The number of aromatic nitrogens is 2. The van der Waals surface area contributed by atoms with Crippen molar-refractivity contribution >= 4 is 28.7 Å². The first kappa shape index (κ1) is 17.0. The summed E-state index contributed by atoms with van der Waals surface area (Å²) in [6, 6.07) is 11.9. The molecule has 132 valence electrons. The zero-order valence-electron chi connectivity index (χ0n) is 13.1. The number of halogens is 2. The van der Waals surface area contributed by atoms with Crippen LogP contribution in [0.3, 0.4) is 0 Å². The van der Waals surface area contributed by atoms with Gasteiger partial charge in [-0.2, -0.15) is 0 Å². The van der Waals surface area contributed by atoms with E-state index >= 15 is 0 Å². The second-order valence-electron chi connectivity index (χ2n) is 5.05. The number of rotatable bonds is 6. The van der Waals surface area contributed by atoms with E-state index in [1.165, 1.54) is 6.07 Å². The standard InChI is InChI=1S/C16H12F2N6O2/c17-12-7-6-11(8-13(12)18)21-15-14(24(25)26)16(20-9-19-15)23-22-10-4-2-1-3-5-10/h1-9,22H,(H2,19,20,21,23). The number of hydrogen-bond acceptors (Lipinski definition) is 7. The van der Waals surface area contributed by atoms with Gasteiger partial charge in [0.25, 0.3) is 0 Å². The Balaban J connectivity index is 1.88. The molecule has 0 fully saturated rings. The van der Waals surface area contributed by atoms with Gasteiger partial charge in [-0.15, -0.1) is 0 Å². The van der Waals surface area contributed by atoms with Gasteiger partial charge in [0.15, 0.2) is 11.6 Å². The van der Waals surface area contributed by atoms with Crippen LogP contribution in [0.5, 0.6) is 0 Å². The fraction of sp³-hybridized carbons (Fsp3) is 0. The Bertz CT molecular complexity index is 939. The summed E-state index contributed by atoms with van der Waals surface area (Å²) in [5.41, 5.74) is 5.73. The molecule has 2 aromatic carbocycles. The van der Waals surface area contributed by atoms with Crippen LogP contribution in [0.1, 0.15) is 0 Å². The van der Waals surface area contributed by atoms with Crippen LogP contribution in [0.25, 0.3) is 0 Å². The van der Waals surface area contributed by atoms with Crippen molar-refractivity contribution in [1.29, 1.82) is 0 Å². The first-order chi connectivity index (χ1) is 12.5. The molecule has 0 aliphatic rings. The average Bonchev–Trinajstić information content (AvgIpc) is 2.64. The van der Waals surface area contributed by atoms with E-state index in [4.69, 9.17) is 0 Å². The minimum absolute atomic E-state index is 0.0982. The minimum Gasteiger partial charge on any atom is -0.334 e. The molecule has 0 radical (unpaired) electrons. The number of hydrazine groups is 1. The molecule has 0 aliphatic heterocycles. The van der Waals surface area contributed by atoms with E-state index in [1.807, 2.05) is 6.07 Å². The molecule has 0 aliphatic carbocycles. The highest BCUT2D eigenvalue weighted by atomic mass is 19.2. The average molecular weight is 358 g/mol. The molecule has 3 rings (SSSR count). The Hall–Kier alpha value is -3.82. The van der Waals surface area contributed by atoms with Crippen molar-refractivity contribution in [3.05, 3.63) is 76.6 Å². The smallest absolute Gasteiger partial charge is 0.334 e. The third-order valence-electron chi connectivity index (χ3n) is 3.29. The summed E-state index contributed by atoms with van der Waals surface area (Å²) in [6.45, 7) is 0. The maximum Gasteiger partial charge on any atom is 0.355 e. The van der Waals surface area contributed by atoms with E-state index in [0.29, 0.717) is 5.69 Å². The summed E-state index contributed by atoms with van der Waals surface area (Å²) in [5.74, 6) is -2.38. The quantitative estimate of drug-likeness (QED) is 0.454. The van der Waals surface area contributed by atoms with Gasteiger partial charge >= 0.3 is 5.69 Å². The van der Waals surface area contributed by atoms with Crippen molar-refractivity contribution in [1.82, 2.24) is 9.97 Å². The van der Waals surface area contributed by atoms with Crippen LogP contribution in [0, 0.1) is 21.7 Å². The van der Waals surface area contributed by atoms with Crippen molar-refractivity contribution in [3.63, 3.8) is 0 Å². The number of nitrogens with zero attached hydrogens (tertiary/aromatic N) is 3. The molecule has 10 heteroatoms. The zero-order valence-corrected chi connectivity index (χ0v) is 13.1. The van der Waals surface area contributed by atoms with Gasteiger partial charge in [0.1, 0.15) is 6.33 Å². The van der Waals surface area contributed by atoms with Crippen LogP contribution >= 0.6 is 0 Å². The topological polar surface area (TPSA) is 105 Å². The van der Waals surface area contributed by atoms with Crippen LogP contribution < -0.4 is 16.2 Å². The molecule has 0 spiro atoms. The summed E-state index contributed by atoms with van der Waals surface area (Å²) in [6.07, 6.45) is 1.10. The number of nitrogens with one attached hydrogen (secondary N) is 3. The number of para-hydroxylation sites is 1. The molecule has 0 saturated heterocycles. The molecule has 8 nitrogen and oxygen atoms in total. The Morgan fingerprint density at radius 2 is 1.62 bits per heavy atom. The fourth-order valence-electron chi connectivity index (χ4n) is 2.10. The predicted molar refractivity (Wildman–Crippen MR) is 92.0 cm³/mol. The number of nitro groups is 1. The second-order valence-corrected chi connectivity index (χ2v) is 5.05. The van der Waals surface area contributed by atoms with E-state index in [0.717, 1.165) is 18.5 Å².